The number of benzene rings is 1. The van der Waals surface area contributed by atoms with Crippen LogP contribution < -0.4 is 4.74 Å². The van der Waals surface area contributed by atoms with Crippen molar-refractivity contribution in [3.05, 3.63) is 29.8 Å². The van der Waals surface area contributed by atoms with Crippen LogP contribution in [0.15, 0.2) is 24.3 Å². The van der Waals surface area contributed by atoms with Crippen LogP contribution in [0.4, 0.5) is 0 Å². The van der Waals surface area contributed by atoms with E-state index in [0.717, 1.165) is 30.3 Å². The van der Waals surface area contributed by atoms with Gasteiger partial charge in [0.25, 0.3) is 0 Å². The summed E-state index contributed by atoms with van der Waals surface area (Å²) in [6.07, 6.45) is 4.01. The molecular weight excluding hydrogens is 250 g/mol. The molecule has 1 fully saturated rings. The Morgan fingerprint density at radius 3 is 2.45 bits per heavy atom. The van der Waals surface area contributed by atoms with E-state index in [9.17, 15) is 4.79 Å². The van der Waals surface area contributed by atoms with E-state index in [1.54, 1.807) is 0 Å². The Morgan fingerprint density at radius 1 is 1.25 bits per heavy atom. The number of ether oxygens (including phenoxy) is 1. The van der Waals surface area contributed by atoms with Crippen molar-refractivity contribution in [3.63, 3.8) is 0 Å². The van der Waals surface area contributed by atoms with Crippen molar-refractivity contribution >= 4 is 5.78 Å². The highest BCUT2D eigenvalue weighted by Crippen LogP contribution is 2.27. The van der Waals surface area contributed by atoms with Crippen LogP contribution in [0.3, 0.4) is 0 Å². The summed E-state index contributed by atoms with van der Waals surface area (Å²) in [5.41, 5.74) is 0.778. The number of ketones is 1. The summed E-state index contributed by atoms with van der Waals surface area (Å²) in [6.45, 7) is 7.28. The Hall–Kier alpha value is -1.35. The number of rotatable bonds is 8. The Kier molecular flexibility index (Phi) is 5.60. The zero-order valence-electron chi connectivity index (χ0n) is 12.6. The largest absolute Gasteiger partial charge is 0.494 e. The fourth-order valence-electron chi connectivity index (χ4n) is 2.54. The molecule has 2 rings (SSSR count). The number of nitrogens with zero attached hydrogens (tertiary/aromatic N) is 1. The van der Waals surface area contributed by atoms with Crippen molar-refractivity contribution in [1.29, 1.82) is 0 Å². The molecule has 1 aromatic carbocycles. The molecule has 3 nitrogen and oxygen atoms in total. The van der Waals surface area contributed by atoms with E-state index in [1.807, 2.05) is 31.2 Å². The summed E-state index contributed by atoms with van der Waals surface area (Å²) >= 11 is 0. The van der Waals surface area contributed by atoms with Crippen molar-refractivity contribution in [1.82, 2.24) is 4.90 Å². The summed E-state index contributed by atoms with van der Waals surface area (Å²) in [5, 5.41) is 0. The van der Waals surface area contributed by atoms with Gasteiger partial charge in [-0.15, -0.1) is 0 Å². The van der Waals surface area contributed by atoms with Crippen LogP contribution in [0.25, 0.3) is 0 Å². The van der Waals surface area contributed by atoms with Gasteiger partial charge < -0.3 is 4.74 Å². The first kappa shape index (κ1) is 15.0. The molecule has 20 heavy (non-hydrogen) atoms. The van der Waals surface area contributed by atoms with Crippen LogP contribution in [0.1, 0.15) is 43.5 Å². The molecule has 0 unspecified atom stereocenters. The highest BCUT2D eigenvalue weighted by atomic mass is 16.5. The van der Waals surface area contributed by atoms with Crippen LogP contribution in [-0.2, 0) is 0 Å². The van der Waals surface area contributed by atoms with Crippen molar-refractivity contribution < 1.29 is 9.53 Å². The molecule has 1 aromatic rings. The maximum Gasteiger partial charge on any atom is 0.176 e. The molecule has 0 N–H and O–H groups in total. The maximum atomic E-state index is 12.3. The van der Waals surface area contributed by atoms with Crippen LogP contribution >= 0.6 is 0 Å². The van der Waals surface area contributed by atoms with Crippen molar-refractivity contribution in [3.8, 4) is 5.75 Å². The summed E-state index contributed by atoms with van der Waals surface area (Å²) in [7, 11) is 0. The average Bonchev–Trinajstić information content (AvgIpc) is 2.42. The lowest BCUT2D eigenvalue weighted by molar-refractivity contribution is 0.0905. The normalized spacial score (nSPS) is 15.2. The third-order valence-corrected chi connectivity index (χ3v) is 4.04. The van der Waals surface area contributed by atoms with Crippen LogP contribution in [-0.4, -0.2) is 36.9 Å². The monoisotopic (exact) mass is 275 g/mol. The van der Waals surface area contributed by atoms with Gasteiger partial charge in [0.2, 0.25) is 0 Å². The second-order valence-electron chi connectivity index (χ2n) is 5.51. The van der Waals surface area contributed by atoms with E-state index in [-0.39, 0.29) is 5.78 Å². The Morgan fingerprint density at radius 2 is 1.95 bits per heavy atom. The highest BCUT2D eigenvalue weighted by molar-refractivity contribution is 5.97. The van der Waals surface area contributed by atoms with E-state index in [1.165, 1.54) is 19.3 Å². The van der Waals surface area contributed by atoms with Gasteiger partial charge in [0.1, 0.15) is 5.75 Å². The van der Waals surface area contributed by atoms with Crippen LogP contribution in [0.5, 0.6) is 5.75 Å². The molecule has 0 radical (unpaired) electrons. The maximum absolute atomic E-state index is 12.3. The number of carbonyl (C=O) groups is 1. The molecule has 0 amide bonds. The minimum Gasteiger partial charge on any atom is -0.494 e. The Labute approximate surface area is 121 Å². The topological polar surface area (TPSA) is 29.5 Å². The smallest absolute Gasteiger partial charge is 0.176 e. The molecule has 0 bridgehead atoms. The molecule has 1 aliphatic carbocycles. The predicted octanol–water partition coefficient (Wildman–Crippen LogP) is 3.39. The second kappa shape index (κ2) is 7.44. The van der Waals surface area contributed by atoms with E-state index < -0.39 is 0 Å². The second-order valence-corrected chi connectivity index (χ2v) is 5.51. The quantitative estimate of drug-likeness (QED) is 0.681. The van der Waals surface area contributed by atoms with E-state index in [0.29, 0.717) is 13.2 Å². The lowest BCUT2D eigenvalue weighted by atomic mass is 9.85. The van der Waals surface area contributed by atoms with Gasteiger partial charge in [0.05, 0.1) is 13.2 Å². The third-order valence-electron chi connectivity index (χ3n) is 4.04. The zero-order chi connectivity index (χ0) is 14.4. The van der Waals surface area contributed by atoms with Gasteiger partial charge in [-0.1, -0.05) is 13.3 Å². The molecule has 0 spiro atoms. The first-order valence-electron chi connectivity index (χ1n) is 7.71. The average molecular weight is 275 g/mol. The number of Topliss-reactive ketones (excluding diaryl/α,β-unsaturated/α-hetero) is 1. The van der Waals surface area contributed by atoms with Crippen LogP contribution in [0.2, 0.25) is 0 Å². The Balaban J connectivity index is 1.88. The minimum atomic E-state index is 0.203. The number of hydrogen-bond acceptors (Lipinski definition) is 3. The predicted molar refractivity (Wildman–Crippen MR) is 81.4 cm³/mol. The molecule has 1 saturated carbocycles. The van der Waals surface area contributed by atoms with Gasteiger partial charge >= 0.3 is 0 Å². The van der Waals surface area contributed by atoms with Gasteiger partial charge in [0, 0.05) is 12.1 Å². The molecule has 0 atom stereocenters. The highest BCUT2D eigenvalue weighted by Gasteiger charge is 2.21. The van der Waals surface area contributed by atoms with E-state index in [2.05, 4.69) is 11.8 Å². The fourth-order valence-corrected chi connectivity index (χ4v) is 2.54. The first-order chi connectivity index (χ1) is 9.72. The molecule has 110 valence electrons. The Bertz CT molecular complexity index is 423. The molecule has 1 aliphatic rings. The first-order valence-corrected chi connectivity index (χ1v) is 7.71. The van der Waals surface area contributed by atoms with Crippen molar-refractivity contribution in [2.75, 3.05) is 26.2 Å². The lowest BCUT2D eigenvalue weighted by Crippen LogP contribution is -2.36. The summed E-state index contributed by atoms with van der Waals surface area (Å²) in [6, 6.07) is 7.48. The van der Waals surface area contributed by atoms with Gasteiger partial charge in [0.15, 0.2) is 5.78 Å². The molecule has 3 heteroatoms. The SMILES string of the molecule is CCOc1ccc(C(=O)CN(CC)CC2CCC2)cc1. The standard InChI is InChI=1S/C17H25NO2/c1-3-18(12-14-6-5-7-14)13-17(19)15-8-10-16(11-9-15)20-4-2/h8-11,14H,3-7,12-13H2,1-2H3. The molecular formula is C17H25NO2. The third kappa shape index (κ3) is 4.07. The molecule has 0 aromatic heterocycles. The zero-order valence-corrected chi connectivity index (χ0v) is 12.6. The summed E-state index contributed by atoms with van der Waals surface area (Å²) in [5.74, 6) is 1.84. The van der Waals surface area contributed by atoms with Crippen molar-refractivity contribution in [2.24, 2.45) is 5.92 Å². The minimum absolute atomic E-state index is 0.203. The molecule has 0 aliphatic heterocycles. The molecule has 0 saturated heterocycles. The lowest BCUT2D eigenvalue weighted by Gasteiger charge is -2.31. The molecule has 0 heterocycles. The fraction of sp³-hybridized carbons (Fsp3) is 0.588. The van der Waals surface area contributed by atoms with Gasteiger partial charge in [-0.3, -0.25) is 9.69 Å². The van der Waals surface area contributed by atoms with Gasteiger partial charge in [-0.05, 0) is 56.5 Å². The van der Waals surface area contributed by atoms with Gasteiger partial charge in [-0.25, -0.2) is 0 Å². The number of likely N-dealkylation sites (N-methyl/N-ethyl adjacent to an activating group) is 1. The summed E-state index contributed by atoms with van der Waals surface area (Å²) in [4.78, 5) is 14.6. The summed E-state index contributed by atoms with van der Waals surface area (Å²) < 4.78 is 5.40. The van der Waals surface area contributed by atoms with Gasteiger partial charge in [-0.2, -0.15) is 0 Å². The van der Waals surface area contributed by atoms with E-state index >= 15 is 0 Å². The van der Waals surface area contributed by atoms with E-state index in [4.69, 9.17) is 4.74 Å². The number of carbonyl (C=O) groups excluding carboxylic acids is 1. The number of hydrogen-bond donors (Lipinski definition) is 0. The van der Waals surface area contributed by atoms with Crippen LogP contribution in [0, 0.1) is 5.92 Å². The van der Waals surface area contributed by atoms with Crippen molar-refractivity contribution in [2.45, 2.75) is 33.1 Å².